The maximum Gasteiger partial charge on any atom is 0.393 e. The molecular weight excluding hydrogens is 221 g/mol. The van der Waals surface area contributed by atoms with E-state index in [1.807, 2.05) is 4.90 Å². The minimum Gasteiger partial charge on any atom is -0.395 e. The van der Waals surface area contributed by atoms with E-state index in [4.69, 9.17) is 5.11 Å². The molecule has 0 radical (unpaired) electrons. The van der Waals surface area contributed by atoms with E-state index in [1.165, 1.54) is 0 Å². The van der Waals surface area contributed by atoms with Crippen molar-refractivity contribution in [3.05, 3.63) is 0 Å². The third kappa shape index (κ3) is 3.92. The number of rotatable bonds is 5. The molecule has 0 amide bonds. The molecule has 1 aliphatic rings. The van der Waals surface area contributed by atoms with E-state index < -0.39 is 18.1 Å². The SMILES string of the molecule is CN(CCO)CCC1NCCC1C(F)(F)F. The fraction of sp³-hybridized carbons (Fsp3) is 1.00. The second-order valence-electron chi connectivity index (χ2n) is 4.31. The smallest absolute Gasteiger partial charge is 0.393 e. The monoisotopic (exact) mass is 240 g/mol. The van der Waals surface area contributed by atoms with Crippen molar-refractivity contribution >= 4 is 0 Å². The van der Waals surface area contributed by atoms with Gasteiger partial charge in [0, 0.05) is 12.6 Å². The van der Waals surface area contributed by atoms with Crippen LogP contribution >= 0.6 is 0 Å². The van der Waals surface area contributed by atoms with E-state index in [1.54, 1.807) is 7.05 Å². The van der Waals surface area contributed by atoms with Crippen molar-refractivity contribution in [3.8, 4) is 0 Å². The molecule has 1 aliphatic heterocycles. The number of hydrogen-bond donors (Lipinski definition) is 2. The van der Waals surface area contributed by atoms with Crippen LogP contribution in [0.5, 0.6) is 0 Å². The molecule has 96 valence electrons. The summed E-state index contributed by atoms with van der Waals surface area (Å²) in [5.74, 6) is -1.21. The lowest BCUT2D eigenvalue weighted by Gasteiger charge is -2.24. The van der Waals surface area contributed by atoms with Crippen molar-refractivity contribution in [2.24, 2.45) is 5.92 Å². The number of aliphatic hydroxyl groups excluding tert-OH is 1. The van der Waals surface area contributed by atoms with Crippen LogP contribution in [0.3, 0.4) is 0 Å². The third-order valence-corrected chi connectivity index (χ3v) is 3.07. The second-order valence-corrected chi connectivity index (χ2v) is 4.31. The van der Waals surface area contributed by atoms with Gasteiger partial charge < -0.3 is 15.3 Å². The van der Waals surface area contributed by atoms with Crippen molar-refractivity contribution in [3.63, 3.8) is 0 Å². The number of nitrogens with one attached hydrogen (secondary N) is 1. The molecule has 0 aliphatic carbocycles. The van der Waals surface area contributed by atoms with Crippen LogP contribution in [-0.4, -0.2) is 55.5 Å². The molecule has 1 rings (SSSR count). The maximum atomic E-state index is 12.6. The lowest BCUT2D eigenvalue weighted by atomic mass is 9.97. The Morgan fingerprint density at radius 1 is 1.38 bits per heavy atom. The van der Waals surface area contributed by atoms with Crippen molar-refractivity contribution in [1.82, 2.24) is 10.2 Å². The summed E-state index contributed by atoms with van der Waals surface area (Å²) in [6.45, 7) is 1.56. The molecule has 0 saturated carbocycles. The molecule has 1 fully saturated rings. The average molecular weight is 240 g/mol. The van der Waals surface area contributed by atoms with Gasteiger partial charge in [0.25, 0.3) is 0 Å². The van der Waals surface area contributed by atoms with Crippen LogP contribution in [0, 0.1) is 5.92 Å². The number of halogens is 3. The molecule has 2 N–H and O–H groups in total. The Kier molecular flexibility index (Phi) is 5.01. The molecule has 0 aromatic carbocycles. The molecule has 6 heteroatoms. The summed E-state index contributed by atoms with van der Waals surface area (Å²) < 4.78 is 37.8. The first-order valence-corrected chi connectivity index (χ1v) is 5.54. The lowest BCUT2D eigenvalue weighted by Crippen LogP contribution is -2.38. The Bertz CT molecular complexity index is 211. The van der Waals surface area contributed by atoms with Crippen LogP contribution in [0.25, 0.3) is 0 Å². The van der Waals surface area contributed by atoms with Gasteiger partial charge >= 0.3 is 6.18 Å². The van der Waals surface area contributed by atoms with Gasteiger partial charge in [0.2, 0.25) is 0 Å². The zero-order chi connectivity index (χ0) is 12.2. The normalized spacial score (nSPS) is 26.6. The van der Waals surface area contributed by atoms with E-state index in [9.17, 15) is 13.2 Å². The van der Waals surface area contributed by atoms with Crippen molar-refractivity contribution in [2.45, 2.75) is 25.1 Å². The summed E-state index contributed by atoms with van der Waals surface area (Å²) in [4.78, 5) is 1.84. The van der Waals surface area contributed by atoms with Crippen molar-refractivity contribution in [2.75, 3.05) is 33.3 Å². The topological polar surface area (TPSA) is 35.5 Å². The second kappa shape index (κ2) is 5.84. The highest BCUT2D eigenvalue weighted by atomic mass is 19.4. The van der Waals surface area contributed by atoms with Gasteiger partial charge in [0.1, 0.15) is 0 Å². The molecular formula is C10H19F3N2O. The van der Waals surface area contributed by atoms with Gasteiger partial charge in [-0.2, -0.15) is 13.2 Å². The summed E-state index contributed by atoms with van der Waals surface area (Å²) in [5.41, 5.74) is 0. The molecule has 0 spiro atoms. The highest BCUT2D eigenvalue weighted by molar-refractivity contribution is 4.88. The molecule has 3 nitrogen and oxygen atoms in total. The van der Waals surface area contributed by atoms with Gasteiger partial charge in [-0.05, 0) is 33.0 Å². The first kappa shape index (κ1) is 13.7. The van der Waals surface area contributed by atoms with E-state index in [0.717, 1.165) is 0 Å². The summed E-state index contributed by atoms with van der Waals surface area (Å²) in [6, 6.07) is -0.471. The number of likely N-dealkylation sites (N-methyl/N-ethyl adjacent to an activating group) is 1. The summed E-state index contributed by atoms with van der Waals surface area (Å²) in [5, 5.41) is 11.6. The van der Waals surface area contributed by atoms with Gasteiger partial charge in [0.05, 0.1) is 12.5 Å². The fourth-order valence-electron chi connectivity index (χ4n) is 2.10. The molecule has 2 atom stereocenters. The quantitative estimate of drug-likeness (QED) is 0.747. The average Bonchev–Trinajstić information content (AvgIpc) is 2.62. The van der Waals surface area contributed by atoms with Gasteiger partial charge in [-0.3, -0.25) is 0 Å². The van der Waals surface area contributed by atoms with Gasteiger partial charge in [0.15, 0.2) is 0 Å². The fourth-order valence-corrected chi connectivity index (χ4v) is 2.10. The molecule has 0 aromatic rings. The molecule has 16 heavy (non-hydrogen) atoms. The number of aliphatic hydroxyl groups is 1. The van der Waals surface area contributed by atoms with Gasteiger partial charge in [-0.15, -0.1) is 0 Å². The van der Waals surface area contributed by atoms with E-state index >= 15 is 0 Å². The minimum absolute atomic E-state index is 0.0390. The number of alkyl halides is 3. The largest absolute Gasteiger partial charge is 0.395 e. The lowest BCUT2D eigenvalue weighted by molar-refractivity contribution is -0.177. The minimum atomic E-state index is -4.09. The molecule has 1 heterocycles. The van der Waals surface area contributed by atoms with Crippen LogP contribution in [0.15, 0.2) is 0 Å². The van der Waals surface area contributed by atoms with Gasteiger partial charge in [-0.25, -0.2) is 0 Å². The summed E-state index contributed by atoms with van der Waals surface area (Å²) in [7, 11) is 1.80. The summed E-state index contributed by atoms with van der Waals surface area (Å²) in [6.07, 6.45) is -3.44. The summed E-state index contributed by atoms with van der Waals surface area (Å²) >= 11 is 0. The Labute approximate surface area is 93.6 Å². The number of hydrogen-bond acceptors (Lipinski definition) is 3. The molecule has 0 aromatic heterocycles. The zero-order valence-corrected chi connectivity index (χ0v) is 9.43. The molecule has 1 saturated heterocycles. The zero-order valence-electron chi connectivity index (χ0n) is 9.43. The highest BCUT2D eigenvalue weighted by Crippen LogP contribution is 2.35. The Hall–Kier alpha value is -0.330. The van der Waals surface area contributed by atoms with Crippen LogP contribution in [-0.2, 0) is 0 Å². The standard InChI is InChI=1S/C10H19F3N2O/c1-15(6-7-16)5-3-9-8(2-4-14-9)10(11,12)13/h8-9,14,16H,2-7H2,1H3. The van der Waals surface area contributed by atoms with E-state index in [0.29, 0.717) is 26.1 Å². The van der Waals surface area contributed by atoms with Crippen LogP contribution in [0.1, 0.15) is 12.8 Å². The maximum absolute atomic E-state index is 12.6. The Balaban J connectivity index is 2.36. The first-order valence-electron chi connectivity index (χ1n) is 5.54. The predicted molar refractivity (Wildman–Crippen MR) is 55.2 cm³/mol. The van der Waals surface area contributed by atoms with Crippen LogP contribution < -0.4 is 5.32 Å². The van der Waals surface area contributed by atoms with E-state index in [-0.39, 0.29) is 13.0 Å². The Morgan fingerprint density at radius 3 is 2.62 bits per heavy atom. The van der Waals surface area contributed by atoms with E-state index in [2.05, 4.69) is 5.32 Å². The van der Waals surface area contributed by atoms with Crippen molar-refractivity contribution < 1.29 is 18.3 Å². The van der Waals surface area contributed by atoms with Crippen LogP contribution in [0.2, 0.25) is 0 Å². The predicted octanol–water partition coefficient (Wildman–Crippen LogP) is 0.841. The third-order valence-electron chi connectivity index (χ3n) is 3.07. The molecule has 0 bridgehead atoms. The Morgan fingerprint density at radius 2 is 2.06 bits per heavy atom. The highest BCUT2D eigenvalue weighted by Gasteiger charge is 2.46. The number of nitrogens with zero attached hydrogens (tertiary/aromatic N) is 1. The van der Waals surface area contributed by atoms with Crippen LogP contribution in [0.4, 0.5) is 13.2 Å². The first-order chi connectivity index (χ1) is 7.45. The van der Waals surface area contributed by atoms with Gasteiger partial charge in [-0.1, -0.05) is 0 Å². The van der Waals surface area contributed by atoms with Crippen molar-refractivity contribution in [1.29, 1.82) is 0 Å². The molecule has 2 unspecified atom stereocenters.